The van der Waals surface area contributed by atoms with Crippen molar-refractivity contribution in [1.82, 2.24) is 24.2 Å². The smallest absolute Gasteiger partial charge is 0.243 e. The number of benzene rings is 1. The lowest BCUT2D eigenvalue weighted by molar-refractivity contribution is 0.00610. The normalized spacial score (nSPS) is 18.2. The Labute approximate surface area is 227 Å². The van der Waals surface area contributed by atoms with E-state index in [9.17, 15) is 8.42 Å². The number of rotatable bonds is 8. The van der Waals surface area contributed by atoms with E-state index < -0.39 is 10.0 Å². The number of hydrogen-bond acceptors (Lipinski definition) is 9. The molecule has 0 atom stereocenters. The second-order valence-corrected chi connectivity index (χ2v) is 12.2. The van der Waals surface area contributed by atoms with Crippen LogP contribution < -0.4 is 15.4 Å². The highest BCUT2D eigenvalue weighted by molar-refractivity contribution is 7.89. The van der Waals surface area contributed by atoms with Gasteiger partial charge in [-0.15, -0.1) is 0 Å². The quantitative estimate of drug-likeness (QED) is 0.376. The van der Waals surface area contributed by atoms with Gasteiger partial charge >= 0.3 is 0 Å². The zero-order valence-electron chi connectivity index (χ0n) is 21.8. The number of aromatic nitrogens is 3. The van der Waals surface area contributed by atoms with E-state index in [1.807, 2.05) is 13.8 Å². The summed E-state index contributed by atoms with van der Waals surface area (Å²) in [7, 11) is -2.16. The molecule has 2 saturated heterocycles. The molecule has 1 aromatic carbocycles. The molecule has 0 amide bonds. The predicted octanol–water partition coefficient (Wildman–Crippen LogP) is 3.67. The van der Waals surface area contributed by atoms with Crippen LogP contribution in [0.1, 0.15) is 26.7 Å². The molecule has 4 heterocycles. The number of nitrogens with zero attached hydrogens (tertiary/aromatic N) is 4. The van der Waals surface area contributed by atoms with E-state index in [1.54, 1.807) is 28.7 Å². The van der Waals surface area contributed by atoms with Crippen molar-refractivity contribution >= 4 is 50.1 Å². The summed E-state index contributed by atoms with van der Waals surface area (Å²) in [6.45, 7) is 8.30. The van der Waals surface area contributed by atoms with Crippen LogP contribution in [0.2, 0.25) is 5.02 Å². The first kappa shape index (κ1) is 26.9. The Morgan fingerprint density at radius 2 is 1.89 bits per heavy atom. The lowest BCUT2D eigenvalue weighted by atomic mass is 10.0. The summed E-state index contributed by atoms with van der Waals surface area (Å²) in [6.07, 6.45) is 3.29. The van der Waals surface area contributed by atoms with E-state index in [2.05, 4.69) is 30.5 Å². The number of H-pyrrole nitrogens is 1. The molecule has 0 bridgehead atoms. The van der Waals surface area contributed by atoms with Crippen LogP contribution in [-0.2, 0) is 14.8 Å². The van der Waals surface area contributed by atoms with Gasteiger partial charge in [0.2, 0.25) is 16.0 Å². The van der Waals surface area contributed by atoms with Crippen LogP contribution in [0.5, 0.6) is 5.75 Å². The average Bonchev–Trinajstić information content (AvgIpc) is 3.29. The number of sulfonamides is 1. The molecule has 2 aliphatic rings. The minimum atomic E-state index is -3.66. The first-order valence-corrected chi connectivity index (χ1v) is 14.7. The summed E-state index contributed by atoms with van der Waals surface area (Å²) in [6, 6.07) is 5.34. The second kappa shape index (κ2) is 11.2. The maximum Gasteiger partial charge on any atom is 0.243 e. The van der Waals surface area contributed by atoms with E-state index in [1.165, 1.54) is 7.11 Å². The molecule has 13 heteroatoms. The summed E-state index contributed by atoms with van der Waals surface area (Å²) in [5.41, 5.74) is 1.12. The fourth-order valence-electron chi connectivity index (χ4n) is 5.02. The van der Waals surface area contributed by atoms with Gasteiger partial charge in [0.05, 0.1) is 41.3 Å². The maximum absolute atomic E-state index is 13.5. The standard InChI is InChI=1S/C25H34ClN7O4S/c1-16(2)28-24-22-19(26)15-27-23(22)30-25(31-24)29-20-5-4-18(14-21(20)36-3)38(34,35)33-8-6-17(7-9-33)32-10-12-37-13-11-32/h4-5,14-17H,6-13H2,1-3H3,(H3,27,28,29,30,31). The van der Waals surface area contributed by atoms with Gasteiger partial charge in [-0.25, -0.2) is 8.42 Å². The minimum absolute atomic E-state index is 0.130. The first-order chi connectivity index (χ1) is 18.3. The minimum Gasteiger partial charge on any atom is -0.495 e. The Hall–Kier alpha value is -2.64. The van der Waals surface area contributed by atoms with Gasteiger partial charge in [0.25, 0.3) is 0 Å². The van der Waals surface area contributed by atoms with Crippen molar-refractivity contribution in [3.63, 3.8) is 0 Å². The molecule has 0 aliphatic carbocycles. The molecule has 5 rings (SSSR count). The SMILES string of the molecule is COc1cc(S(=O)(=O)N2CCC(N3CCOCC3)CC2)ccc1Nc1nc(NC(C)C)c2c(Cl)c[nH]c2n1. The van der Waals surface area contributed by atoms with Gasteiger partial charge in [-0.05, 0) is 38.8 Å². The van der Waals surface area contributed by atoms with Crippen molar-refractivity contribution in [2.45, 2.75) is 43.7 Å². The van der Waals surface area contributed by atoms with Crippen molar-refractivity contribution in [2.75, 3.05) is 57.1 Å². The molecule has 2 fully saturated rings. The second-order valence-electron chi connectivity index (χ2n) is 9.83. The molecule has 2 aromatic heterocycles. The van der Waals surface area contributed by atoms with Crippen molar-refractivity contribution in [1.29, 1.82) is 0 Å². The molecule has 0 radical (unpaired) electrons. The van der Waals surface area contributed by atoms with Gasteiger partial charge in [0, 0.05) is 50.5 Å². The van der Waals surface area contributed by atoms with E-state index >= 15 is 0 Å². The zero-order valence-corrected chi connectivity index (χ0v) is 23.4. The number of morpholine rings is 1. The Morgan fingerprint density at radius 3 is 2.58 bits per heavy atom. The average molecular weight is 564 g/mol. The molecule has 11 nitrogen and oxygen atoms in total. The maximum atomic E-state index is 13.5. The number of piperidine rings is 1. The van der Waals surface area contributed by atoms with Crippen molar-refractivity contribution < 1.29 is 17.9 Å². The van der Waals surface area contributed by atoms with Crippen LogP contribution in [0.4, 0.5) is 17.5 Å². The molecule has 0 saturated carbocycles. The number of hydrogen-bond donors (Lipinski definition) is 3. The van der Waals surface area contributed by atoms with Crippen LogP contribution in [0.3, 0.4) is 0 Å². The number of methoxy groups -OCH3 is 1. The van der Waals surface area contributed by atoms with Crippen LogP contribution in [0.25, 0.3) is 11.0 Å². The highest BCUT2D eigenvalue weighted by Crippen LogP contribution is 2.34. The van der Waals surface area contributed by atoms with Crippen LogP contribution in [0, 0.1) is 0 Å². The van der Waals surface area contributed by atoms with Crippen molar-refractivity contribution in [2.24, 2.45) is 0 Å². The number of anilines is 3. The zero-order chi connectivity index (χ0) is 26.9. The molecule has 2 aliphatic heterocycles. The topological polar surface area (TPSA) is 125 Å². The van der Waals surface area contributed by atoms with E-state index in [0.717, 1.165) is 39.1 Å². The van der Waals surface area contributed by atoms with Crippen LogP contribution >= 0.6 is 11.6 Å². The number of ether oxygens (including phenoxy) is 2. The van der Waals surface area contributed by atoms with Crippen molar-refractivity contribution in [3.05, 3.63) is 29.4 Å². The van der Waals surface area contributed by atoms with Crippen molar-refractivity contribution in [3.8, 4) is 5.75 Å². The van der Waals surface area contributed by atoms with Gasteiger partial charge in [-0.3, -0.25) is 4.90 Å². The summed E-state index contributed by atoms with van der Waals surface area (Å²) in [5.74, 6) is 1.29. The summed E-state index contributed by atoms with van der Waals surface area (Å²) >= 11 is 6.33. The molecule has 0 unspecified atom stereocenters. The van der Waals surface area contributed by atoms with Gasteiger partial charge < -0.3 is 25.1 Å². The van der Waals surface area contributed by atoms with Gasteiger partial charge in [0.15, 0.2) is 0 Å². The third-order valence-corrected chi connectivity index (χ3v) is 9.14. The molecular weight excluding hydrogens is 530 g/mol. The van der Waals surface area contributed by atoms with Crippen LogP contribution in [-0.4, -0.2) is 91.2 Å². The molecule has 206 valence electrons. The third-order valence-electron chi connectivity index (χ3n) is 6.95. The van der Waals surface area contributed by atoms with Gasteiger partial charge in [-0.2, -0.15) is 14.3 Å². The molecule has 38 heavy (non-hydrogen) atoms. The first-order valence-electron chi connectivity index (χ1n) is 12.8. The fourth-order valence-corrected chi connectivity index (χ4v) is 6.74. The Kier molecular flexibility index (Phi) is 7.96. The Balaban J connectivity index is 1.34. The molecular formula is C25H34ClN7O4S. The van der Waals surface area contributed by atoms with E-state index in [4.69, 9.17) is 21.1 Å². The van der Waals surface area contributed by atoms with E-state index in [-0.39, 0.29) is 10.9 Å². The molecule has 3 N–H and O–H groups in total. The lowest BCUT2D eigenvalue weighted by Crippen LogP contribution is -2.50. The van der Waals surface area contributed by atoms with Gasteiger partial charge in [0.1, 0.15) is 17.2 Å². The summed E-state index contributed by atoms with van der Waals surface area (Å²) in [5, 5.41) is 7.69. The Morgan fingerprint density at radius 1 is 1.16 bits per heavy atom. The molecule has 3 aromatic rings. The number of fused-ring (bicyclic) bond motifs is 1. The predicted molar refractivity (Wildman–Crippen MR) is 148 cm³/mol. The third kappa shape index (κ3) is 5.55. The highest BCUT2D eigenvalue weighted by atomic mass is 35.5. The van der Waals surface area contributed by atoms with Crippen LogP contribution in [0.15, 0.2) is 29.3 Å². The molecule has 0 spiro atoms. The monoisotopic (exact) mass is 563 g/mol. The lowest BCUT2D eigenvalue weighted by Gasteiger charge is -2.39. The van der Waals surface area contributed by atoms with Gasteiger partial charge in [-0.1, -0.05) is 11.6 Å². The number of nitrogens with one attached hydrogen (secondary N) is 3. The van der Waals surface area contributed by atoms with E-state index in [0.29, 0.717) is 58.4 Å². The fraction of sp³-hybridized carbons (Fsp3) is 0.520. The summed E-state index contributed by atoms with van der Waals surface area (Å²) in [4.78, 5) is 14.8. The number of aromatic amines is 1. The summed E-state index contributed by atoms with van der Waals surface area (Å²) < 4.78 is 39.5. The Bertz CT molecular complexity index is 1380. The number of halogens is 1. The highest BCUT2D eigenvalue weighted by Gasteiger charge is 2.32. The largest absolute Gasteiger partial charge is 0.495 e.